The number of nitrogens with zero attached hydrogens (tertiary/aromatic N) is 1. The molecule has 2 atom stereocenters. The third-order valence-electron chi connectivity index (χ3n) is 4.22. The Morgan fingerprint density at radius 1 is 1.37 bits per heavy atom. The normalized spacial score (nSPS) is 27.1. The molecule has 2 unspecified atom stereocenters. The molecule has 1 heterocycles. The maximum atomic E-state index is 11.6. The Bertz CT molecular complexity index is 370. The molecule has 0 amide bonds. The van der Waals surface area contributed by atoms with Gasteiger partial charge in [0.15, 0.2) is 9.84 Å². The molecule has 1 N–H and O–H groups in total. The summed E-state index contributed by atoms with van der Waals surface area (Å²) in [4.78, 5) is 2.35. The van der Waals surface area contributed by atoms with Gasteiger partial charge in [0.1, 0.15) is 0 Å². The van der Waals surface area contributed by atoms with Gasteiger partial charge in [-0.25, -0.2) is 8.42 Å². The maximum absolute atomic E-state index is 11.6. The van der Waals surface area contributed by atoms with Crippen molar-refractivity contribution < 1.29 is 8.42 Å². The minimum absolute atomic E-state index is 0.149. The molecular formula is C14H30N2O2S. The Labute approximate surface area is 118 Å². The van der Waals surface area contributed by atoms with E-state index in [1.807, 2.05) is 6.92 Å². The summed E-state index contributed by atoms with van der Waals surface area (Å²) in [5, 5.41) is 3.50. The van der Waals surface area contributed by atoms with Crippen LogP contribution in [0, 0.1) is 5.41 Å². The van der Waals surface area contributed by atoms with Crippen LogP contribution in [-0.2, 0) is 9.84 Å². The van der Waals surface area contributed by atoms with Crippen LogP contribution in [0.4, 0.5) is 0 Å². The van der Waals surface area contributed by atoms with Gasteiger partial charge in [0, 0.05) is 25.7 Å². The number of nitrogens with one attached hydrogen (secondary N) is 1. The standard InChI is InChI=1S/C14H30N2O2S/c1-5-7-15-11-14(4,6-2)12-16-8-9-19(17,18)10-13(16)3/h13,15H,5-12H2,1-4H3. The second kappa shape index (κ2) is 7.04. The van der Waals surface area contributed by atoms with Crippen molar-refractivity contribution in [2.45, 2.75) is 46.6 Å². The molecule has 5 heteroatoms. The summed E-state index contributed by atoms with van der Waals surface area (Å²) < 4.78 is 23.2. The molecule has 0 aromatic carbocycles. The molecule has 0 radical (unpaired) electrons. The Balaban J connectivity index is 2.55. The van der Waals surface area contributed by atoms with E-state index in [1.54, 1.807) is 0 Å². The molecule has 114 valence electrons. The van der Waals surface area contributed by atoms with Gasteiger partial charge >= 0.3 is 0 Å². The Morgan fingerprint density at radius 3 is 2.58 bits per heavy atom. The van der Waals surface area contributed by atoms with E-state index < -0.39 is 9.84 Å². The molecule has 1 fully saturated rings. The summed E-state index contributed by atoms with van der Waals surface area (Å²) >= 11 is 0. The van der Waals surface area contributed by atoms with Crippen LogP contribution in [0.2, 0.25) is 0 Å². The second-order valence-electron chi connectivity index (χ2n) is 6.27. The Kier molecular flexibility index (Phi) is 6.27. The van der Waals surface area contributed by atoms with Gasteiger partial charge in [-0.05, 0) is 31.7 Å². The van der Waals surface area contributed by atoms with E-state index in [0.717, 1.165) is 32.5 Å². The zero-order chi connectivity index (χ0) is 14.5. The third-order valence-corrected chi connectivity index (χ3v) is 6.02. The minimum Gasteiger partial charge on any atom is -0.316 e. The fourth-order valence-corrected chi connectivity index (χ4v) is 4.24. The van der Waals surface area contributed by atoms with Gasteiger partial charge in [0.25, 0.3) is 0 Å². The molecule has 1 saturated heterocycles. The predicted molar refractivity (Wildman–Crippen MR) is 81.2 cm³/mol. The number of rotatable bonds is 7. The van der Waals surface area contributed by atoms with Gasteiger partial charge in [-0.15, -0.1) is 0 Å². The van der Waals surface area contributed by atoms with Crippen LogP contribution in [0.1, 0.15) is 40.5 Å². The van der Waals surface area contributed by atoms with Gasteiger partial charge in [0.2, 0.25) is 0 Å². The van der Waals surface area contributed by atoms with E-state index in [9.17, 15) is 8.42 Å². The number of hydrogen-bond donors (Lipinski definition) is 1. The lowest BCUT2D eigenvalue weighted by molar-refractivity contribution is 0.130. The van der Waals surface area contributed by atoms with E-state index in [2.05, 4.69) is 31.0 Å². The van der Waals surface area contributed by atoms with Gasteiger partial charge in [-0.3, -0.25) is 4.90 Å². The SMILES string of the molecule is CCCNCC(C)(CC)CN1CCS(=O)(=O)CC1C. The van der Waals surface area contributed by atoms with Crippen LogP contribution in [-0.4, -0.2) is 57.0 Å². The molecule has 19 heavy (non-hydrogen) atoms. The maximum Gasteiger partial charge on any atom is 0.153 e. The predicted octanol–water partition coefficient (Wildman–Crippen LogP) is 1.52. The molecule has 0 aromatic heterocycles. The minimum atomic E-state index is -2.81. The summed E-state index contributed by atoms with van der Waals surface area (Å²) in [5.41, 5.74) is 0.227. The molecule has 0 aliphatic carbocycles. The summed E-state index contributed by atoms with van der Waals surface area (Å²) in [7, 11) is -2.81. The molecule has 1 rings (SSSR count). The summed E-state index contributed by atoms with van der Waals surface area (Å²) in [6.45, 7) is 12.5. The van der Waals surface area contributed by atoms with E-state index in [0.29, 0.717) is 18.1 Å². The Hall–Kier alpha value is -0.130. The van der Waals surface area contributed by atoms with E-state index in [-0.39, 0.29) is 11.5 Å². The monoisotopic (exact) mass is 290 g/mol. The van der Waals surface area contributed by atoms with Crippen LogP contribution in [0.3, 0.4) is 0 Å². The van der Waals surface area contributed by atoms with E-state index >= 15 is 0 Å². The molecule has 1 aliphatic heterocycles. The number of sulfone groups is 1. The van der Waals surface area contributed by atoms with Gasteiger partial charge in [0.05, 0.1) is 11.5 Å². The third kappa shape index (κ3) is 5.40. The van der Waals surface area contributed by atoms with Crippen molar-refractivity contribution in [2.75, 3.05) is 37.7 Å². The second-order valence-corrected chi connectivity index (χ2v) is 8.50. The lowest BCUT2D eigenvalue weighted by atomic mass is 9.86. The highest BCUT2D eigenvalue weighted by Gasteiger charge is 2.33. The lowest BCUT2D eigenvalue weighted by Crippen LogP contribution is -2.52. The molecule has 0 spiro atoms. The van der Waals surface area contributed by atoms with Crippen LogP contribution < -0.4 is 5.32 Å². The van der Waals surface area contributed by atoms with Crippen LogP contribution >= 0.6 is 0 Å². The van der Waals surface area contributed by atoms with Gasteiger partial charge in [-0.1, -0.05) is 20.8 Å². The fraction of sp³-hybridized carbons (Fsp3) is 1.00. The highest BCUT2D eigenvalue weighted by atomic mass is 32.2. The summed E-state index contributed by atoms with van der Waals surface area (Å²) in [6, 6.07) is 0.149. The van der Waals surface area contributed by atoms with Crippen molar-refractivity contribution in [1.82, 2.24) is 10.2 Å². The molecule has 0 aromatic rings. The van der Waals surface area contributed by atoms with Crippen molar-refractivity contribution in [3.63, 3.8) is 0 Å². The van der Waals surface area contributed by atoms with Crippen molar-refractivity contribution >= 4 is 9.84 Å². The zero-order valence-corrected chi connectivity index (χ0v) is 13.7. The van der Waals surface area contributed by atoms with Gasteiger partial charge in [-0.2, -0.15) is 0 Å². The largest absolute Gasteiger partial charge is 0.316 e. The number of hydrogen-bond acceptors (Lipinski definition) is 4. The van der Waals surface area contributed by atoms with E-state index in [1.165, 1.54) is 0 Å². The molecule has 4 nitrogen and oxygen atoms in total. The van der Waals surface area contributed by atoms with Gasteiger partial charge < -0.3 is 5.32 Å². The quantitative estimate of drug-likeness (QED) is 0.722. The summed E-state index contributed by atoms with van der Waals surface area (Å²) in [6.07, 6.45) is 2.26. The average Bonchev–Trinajstić information content (AvgIpc) is 2.33. The first-order valence-electron chi connectivity index (χ1n) is 7.47. The molecule has 0 bridgehead atoms. The fourth-order valence-electron chi connectivity index (χ4n) is 2.62. The van der Waals surface area contributed by atoms with Crippen molar-refractivity contribution in [2.24, 2.45) is 5.41 Å². The summed E-state index contributed by atoms with van der Waals surface area (Å²) in [5.74, 6) is 0.634. The average molecular weight is 290 g/mol. The first kappa shape index (κ1) is 16.9. The highest BCUT2D eigenvalue weighted by molar-refractivity contribution is 7.91. The van der Waals surface area contributed by atoms with Crippen LogP contribution in [0.25, 0.3) is 0 Å². The van der Waals surface area contributed by atoms with Crippen molar-refractivity contribution in [3.8, 4) is 0 Å². The molecule has 0 saturated carbocycles. The first-order valence-corrected chi connectivity index (χ1v) is 9.29. The first-order chi connectivity index (χ1) is 8.82. The topological polar surface area (TPSA) is 49.4 Å². The van der Waals surface area contributed by atoms with Crippen LogP contribution in [0.5, 0.6) is 0 Å². The van der Waals surface area contributed by atoms with Crippen LogP contribution in [0.15, 0.2) is 0 Å². The zero-order valence-electron chi connectivity index (χ0n) is 12.9. The van der Waals surface area contributed by atoms with Crippen molar-refractivity contribution in [3.05, 3.63) is 0 Å². The van der Waals surface area contributed by atoms with Crippen molar-refractivity contribution in [1.29, 1.82) is 0 Å². The lowest BCUT2D eigenvalue weighted by Gasteiger charge is -2.40. The molecular weight excluding hydrogens is 260 g/mol. The highest BCUT2D eigenvalue weighted by Crippen LogP contribution is 2.24. The molecule has 1 aliphatic rings. The Morgan fingerprint density at radius 2 is 2.05 bits per heavy atom. The smallest absolute Gasteiger partial charge is 0.153 e. The van der Waals surface area contributed by atoms with E-state index in [4.69, 9.17) is 0 Å².